The number of hydrogen-bond acceptors (Lipinski definition) is 5. The van der Waals surface area contributed by atoms with Gasteiger partial charge in [0.1, 0.15) is 0 Å². The smallest absolute Gasteiger partial charge is 0.339 e. The molecule has 1 aromatic heterocycles. The van der Waals surface area contributed by atoms with Gasteiger partial charge >= 0.3 is 11.1 Å². The number of nitrogens with one attached hydrogen (secondary N) is 1. The number of aliphatic hydroxyl groups is 1. The molecule has 1 rings (SSSR count). The van der Waals surface area contributed by atoms with Crippen LogP contribution in [0.25, 0.3) is 0 Å². The first-order valence-corrected chi connectivity index (χ1v) is 6.04. The lowest BCUT2D eigenvalue weighted by Gasteiger charge is -2.05. The van der Waals surface area contributed by atoms with Crippen molar-refractivity contribution in [2.75, 3.05) is 12.4 Å². The molecule has 0 unspecified atom stereocenters. The fourth-order valence-electron chi connectivity index (χ4n) is 1.14. The van der Waals surface area contributed by atoms with Gasteiger partial charge in [0.15, 0.2) is 5.16 Å². The Labute approximate surface area is 96.7 Å². The molecule has 0 spiro atoms. The highest BCUT2D eigenvalue weighted by Gasteiger charge is 2.03. The van der Waals surface area contributed by atoms with Crippen LogP contribution in [0, 0.1) is 0 Å². The van der Waals surface area contributed by atoms with Gasteiger partial charge in [-0.15, -0.1) is 0 Å². The summed E-state index contributed by atoms with van der Waals surface area (Å²) < 4.78 is 1.44. The van der Waals surface area contributed by atoms with E-state index in [0.29, 0.717) is 5.16 Å². The number of nitrogens with zero attached hydrogens (tertiary/aromatic N) is 2. The number of thioether (sulfide) groups is 1. The molecular weight excluding hydrogens is 230 g/mol. The standard InChI is InChI=1S/C9H15N3O3S/c1-12-9(10-7(14)8(15)11-12)16-6-4-2-3-5-13/h13H,2-6H2,1H3,(H,11,15). The summed E-state index contributed by atoms with van der Waals surface area (Å²) in [7, 11) is 1.64. The first-order chi connectivity index (χ1) is 7.65. The zero-order chi connectivity index (χ0) is 12.0. The van der Waals surface area contributed by atoms with Gasteiger partial charge in [-0.3, -0.25) is 19.4 Å². The summed E-state index contributed by atoms with van der Waals surface area (Å²) in [5.41, 5.74) is -1.46. The molecule has 6 nitrogen and oxygen atoms in total. The van der Waals surface area contributed by atoms with Crippen molar-refractivity contribution in [1.82, 2.24) is 14.8 Å². The van der Waals surface area contributed by atoms with Crippen molar-refractivity contribution >= 4 is 11.8 Å². The molecule has 0 saturated heterocycles. The lowest BCUT2D eigenvalue weighted by Crippen LogP contribution is -2.33. The van der Waals surface area contributed by atoms with E-state index in [0.717, 1.165) is 25.0 Å². The summed E-state index contributed by atoms with van der Waals surface area (Å²) in [4.78, 5) is 25.6. The summed E-state index contributed by atoms with van der Waals surface area (Å²) in [6.07, 6.45) is 2.68. The Morgan fingerprint density at radius 2 is 2.12 bits per heavy atom. The third kappa shape index (κ3) is 3.82. The van der Waals surface area contributed by atoms with Crippen LogP contribution in [0.2, 0.25) is 0 Å². The van der Waals surface area contributed by atoms with Gasteiger partial charge in [0.05, 0.1) is 0 Å². The number of hydrogen-bond donors (Lipinski definition) is 2. The van der Waals surface area contributed by atoms with Crippen LogP contribution in [0.4, 0.5) is 0 Å². The predicted molar refractivity (Wildman–Crippen MR) is 61.8 cm³/mol. The lowest BCUT2D eigenvalue weighted by molar-refractivity contribution is 0.284. The number of rotatable bonds is 6. The molecular formula is C9H15N3O3S. The summed E-state index contributed by atoms with van der Waals surface area (Å²) in [5, 5.41) is 11.5. The number of aryl methyl sites for hydroxylation is 1. The third-order valence-electron chi connectivity index (χ3n) is 1.98. The highest BCUT2D eigenvalue weighted by atomic mass is 32.2. The van der Waals surface area contributed by atoms with Gasteiger partial charge in [-0.1, -0.05) is 18.2 Å². The van der Waals surface area contributed by atoms with E-state index in [9.17, 15) is 9.59 Å². The van der Waals surface area contributed by atoms with Gasteiger partial charge in [0, 0.05) is 19.4 Å². The average molecular weight is 245 g/mol. The molecule has 0 saturated carbocycles. The highest BCUT2D eigenvalue weighted by Crippen LogP contribution is 2.13. The minimum Gasteiger partial charge on any atom is -0.396 e. The second-order valence-electron chi connectivity index (χ2n) is 3.33. The summed E-state index contributed by atoms with van der Waals surface area (Å²) in [5.74, 6) is 0.812. The largest absolute Gasteiger partial charge is 0.396 e. The fourth-order valence-corrected chi connectivity index (χ4v) is 2.06. The molecule has 0 amide bonds. The third-order valence-corrected chi connectivity index (χ3v) is 3.10. The second kappa shape index (κ2) is 6.49. The van der Waals surface area contributed by atoms with Gasteiger partial charge in [0.2, 0.25) is 0 Å². The molecule has 0 aromatic carbocycles. The molecule has 0 bridgehead atoms. The van der Waals surface area contributed by atoms with Crippen LogP contribution < -0.4 is 11.1 Å². The highest BCUT2D eigenvalue weighted by molar-refractivity contribution is 7.99. The number of unbranched alkanes of at least 4 members (excludes halogenated alkanes) is 2. The van der Waals surface area contributed by atoms with Crippen molar-refractivity contribution in [2.45, 2.75) is 24.4 Å². The van der Waals surface area contributed by atoms with Crippen molar-refractivity contribution < 1.29 is 5.11 Å². The Hall–Kier alpha value is -1.08. The van der Waals surface area contributed by atoms with Crippen molar-refractivity contribution in [3.05, 3.63) is 20.7 Å². The van der Waals surface area contributed by atoms with E-state index < -0.39 is 11.1 Å². The van der Waals surface area contributed by atoms with Crippen molar-refractivity contribution in [2.24, 2.45) is 7.05 Å². The summed E-state index contributed by atoms with van der Waals surface area (Å²) in [6, 6.07) is 0. The normalized spacial score (nSPS) is 10.6. The number of aromatic amines is 1. The molecule has 0 aliphatic carbocycles. The van der Waals surface area contributed by atoms with Crippen molar-refractivity contribution in [3.63, 3.8) is 0 Å². The van der Waals surface area contributed by atoms with Crippen LogP contribution in [0.3, 0.4) is 0 Å². The molecule has 0 atom stereocenters. The van der Waals surface area contributed by atoms with Crippen LogP contribution >= 0.6 is 11.8 Å². The predicted octanol–water partition coefficient (Wildman–Crippen LogP) is -0.277. The van der Waals surface area contributed by atoms with Gasteiger partial charge in [-0.25, -0.2) is 0 Å². The average Bonchev–Trinajstić information content (AvgIpc) is 2.25. The number of aliphatic hydroxyl groups excluding tert-OH is 1. The summed E-state index contributed by atoms with van der Waals surface area (Å²) >= 11 is 1.42. The molecule has 16 heavy (non-hydrogen) atoms. The molecule has 7 heteroatoms. The zero-order valence-electron chi connectivity index (χ0n) is 9.10. The first-order valence-electron chi connectivity index (χ1n) is 5.06. The zero-order valence-corrected chi connectivity index (χ0v) is 9.92. The van der Waals surface area contributed by atoms with Gasteiger partial charge in [-0.05, 0) is 12.8 Å². The topological polar surface area (TPSA) is 88.0 Å². The minimum atomic E-state index is -0.754. The lowest BCUT2D eigenvalue weighted by atomic mass is 10.3. The maximum atomic E-state index is 11.0. The molecule has 90 valence electrons. The van der Waals surface area contributed by atoms with E-state index in [-0.39, 0.29) is 6.61 Å². The molecule has 2 N–H and O–H groups in total. The minimum absolute atomic E-state index is 0.208. The molecule has 0 aliphatic rings. The van der Waals surface area contributed by atoms with Gasteiger partial charge < -0.3 is 5.11 Å². The molecule has 0 radical (unpaired) electrons. The van der Waals surface area contributed by atoms with E-state index in [1.54, 1.807) is 7.05 Å². The van der Waals surface area contributed by atoms with E-state index in [4.69, 9.17) is 5.11 Å². The molecule has 1 heterocycles. The Balaban J connectivity index is 2.51. The van der Waals surface area contributed by atoms with Crippen molar-refractivity contribution in [1.29, 1.82) is 0 Å². The maximum Gasteiger partial charge on any atom is 0.339 e. The first kappa shape index (κ1) is 13.0. The molecule has 0 fully saturated rings. The molecule has 1 aromatic rings. The van der Waals surface area contributed by atoms with Gasteiger partial charge in [0.25, 0.3) is 0 Å². The number of H-pyrrole nitrogens is 1. The van der Waals surface area contributed by atoms with Crippen LogP contribution in [-0.4, -0.2) is 32.2 Å². The Kier molecular flexibility index (Phi) is 5.27. The monoisotopic (exact) mass is 245 g/mol. The summed E-state index contributed by atoms with van der Waals surface area (Å²) in [6.45, 7) is 0.208. The number of aromatic nitrogens is 3. The Morgan fingerprint density at radius 1 is 1.38 bits per heavy atom. The van der Waals surface area contributed by atoms with Gasteiger partial charge in [-0.2, -0.15) is 4.98 Å². The fraction of sp³-hybridized carbons (Fsp3) is 0.667. The van der Waals surface area contributed by atoms with Crippen molar-refractivity contribution in [3.8, 4) is 0 Å². The van der Waals surface area contributed by atoms with E-state index in [2.05, 4.69) is 10.1 Å². The Morgan fingerprint density at radius 3 is 2.81 bits per heavy atom. The van der Waals surface area contributed by atoms with E-state index in [1.165, 1.54) is 16.4 Å². The van der Waals surface area contributed by atoms with Crippen LogP contribution in [0.5, 0.6) is 0 Å². The quantitative estimate of drug-likeness (QED) is 0.409. The maximum absolute atomic E-state index is 11.0. The van der Waals surface area contributed by atoms with Crippen LogP contribution in [0.1, 0.15) is 19.3 Å². The SMILES string of the molecule is Cn1[nH]c(=O)c(=O)nc1SCCCCCO. The van der Waals surface area contributed by atoms with E-state index in [1.807, 2.05) is 0 Å². The van der Waals surface area contributed by atoms with Crippen LogP contribution in [-0.2, 0) is 7.05 Å². The second-order valence-corrected chi connectivity index (χ2v) is 4.39. The Bertz CT molecular complexity index is 440. The molecule has 0 aliphatic heterocycles. The van der Waals surface area contributed by atoms with E-state index >= 15 is 0 Å². The van der Waals surface area contributed by atoms with Crippen LogP contribution in [0.15, 0.2) is 14.7 Å².